The number of carbonyl (C=O) groups excluding carboxylic acids is 1. The van der Waals surface area contributed by atoms with Gasteiger partial charge in [-0.2, -0.15) is 21.6 Å². The number of ether oxygens (including phenoxy) is 3. The highest BCUT2D eigenvalue weighted by Gasteiger charge is 2.32. The Kier molecular flexibility index (Phi) is 10.2. The van der Waals surface area contributed by atoms with E-state index < -0.39 is 32.8 Å². The number of alkyl halides is 3. The number of hydrogen-bond acceptors (Lipinski definition) is 7. The minimum Gasteiger partial charge on any atom is -0.493 e. The molecule has 0 fully saturated rings. The van der Waals surface area contributed by atoms with Crippen LogP contribution in [-0.2, 0) is 27.6 Å². The van der Waals surface area contributed by atoms with Gasteiger partial charge in [-0.05, 0) is 55.0 Å². The lowest BCUT2D eigenvalue weighted by atomic mass is 10.2. The first-order valence-electron chi connectivity index (χ1n) is 12.0. The van der Waals surface area contributed by atoms with Gasteiger partial charge in [-0.3, -0.25) is 0 Å². The third-order valence-electron chi connectivity index (χ3n) is 5.53. The largest absolute Gasteiger partial charge is 0.493 e. The Morgan fingerprint density at radius 2 is 1.70 bits per heavy atom. The average Bonchev–Trinajstić information content (AvgIpc) is 2.91. The number of benzene rings is 3. The van der Waals surface area contributed by atoms with Crippen LogP contribution < -0.4 is 19.0 Å². The number of nitrogens with zero attached hydrogens (tertiary/aromatic N) is 1. The molecule has 216 valence electrons. The highest BCUT2D eigenvalue weighted by molar-refractivity contribution is 7.87. The van der Waals surface area contributed by atoms with Crippen LogP contribution in [0.2, 0.25) is 0 Å². The summed E-state index contributed by atoms with van der Waals surface area (Å²) in [6, 6.07) is 14.0. The molecule has 0 aliphatic heterocycles. The number of nitrogens with one attached hydrogen (secondary N) is 1. The van der Waals surface area contributed by atoms with Gasteiger partial charge < -0.3 is 28.6 Å². The van der Waals surface area contributed by atoms with Crippen LogP contribution in [0.25, 0.3) is 0 Å². The van der Waals surface area contributed by atoms with E-state index >= 15 is 0 Å². The summed E-state index contributed by atoms with van der Waals surface area (Å²) in [6.45, 7) is 2.63. The summed E-state index contributed by atoms with van der Waals surface area (Å²) in [6.07, 6.45) is -4.74. The van der Waals surface area contributed by atoms with Crippen molar-refractivity contribution in [2.24, 2.45) is 0 Å². The molecular formula is C27H29F3N2O7S. The van der Waals surface area contributed by atoms with E-state index in [9.17, 15) is 26.4 Å². The van der Waals surface area contributed by atoms with Crippen molar-refractivity contribution in [1.29, 1.82) is 0 Å². The van der Waals surface area contributed by atoms with E-state index in [0.717, 1.165) is 18.2 Å². The minimum atomic E-state index is -4.74. The Balaban J connectivity index is 1.87. The summed E-state index contributed by atoms with van der Waals surface area (Å²) in [5.41, 5.74) is -0.217. The van der Waals surface area contributed by atoms with Crippen molar-refractivity contribution in [2.45, 2.75) is 24.5 Å². The lowest BCUT2D eigenvalue weighted by Gasteiger charge is -2.24. The van der Waals surface area contributed by atoms with Gasteiger partial charge in [0.2, 0.25) is 0 Å². The van der Waals surface area contributed by atoms with Gasteiger partial charge in [-0.1, -0.05) is 24.3 Å². The second-order valence-electron chi connectivity index (χ2n) is 8.32. The zero-order valence-electron chi connectivity index (χ0n) is 22.0. The third-order valence-corrected chi connectivity index (χ3v) is 6.76. The average molecular weight is 583 g/mol. The number of urea groups is 1. The summed E-state index contributed by atoms with van der Waals surface area (Å²) < 4.78 is 86.2. The molecule has 3 aromatic rings. The first kappa shape index (κ1) is 30.6. The van der Waals surface area contributed by atoms with Crippen molar-refractivity contribution in [3.63, 3.8) is 0 Å². The molecule has 3 rings (SSSR count). The van der Waals surface area contributed by atoms with Crippen molar-refractivity contribution in [1.82, 2.24) is 4.90 Å². The molecule has 0 saturated carbocycles. The SMILES string of the molecule is CCOc1ccccc1NC(=O)N(CCOC)Cc1ccc(OC)c(OS(=O)(=O)c2cccc(C(F)(F)F)c2)c1. The third kappa shape index (κ3) is 8.02. The quantitative estimate of drug-likeness (QED) is 0.279. The van der Waals surface area contributed by atoms with Gasteiger partial charge in [0.05, 0.1) is 31.6 Å². The molecule has 0 radical (unpaired) electrons. The Morgan fingerprint density at radius 3 is 2.38 bits per heavy atom. The van der Waals surface area contributed by atoms with Gasteiger partial charge >= 0.3 is 22.3 Å². The van der Waals surface area contributed by atoms with E-state index in [4.69, 9.17) is 18.4 Å². The van der Waals surface area contributed by atoms with Crippen LogP contribution in [0.5, 0.6) is 17.2 Å². The van der Waals surface area contributed by atoms with Crippen LogP contribution in [0, 0.1) is 0 Å². The van der Waals surface area contributed by atoms with E-state index in [0.29, 0.717) is 29.7 Å². The lowest BCUT2D eigenvalue weighted by molar-refractivity contribution is -0.137. The zero-order chi connectivity index (χ0) is 29.3. The van der Waals surface area contributed by atoms with Crippen molar-refractivity contribution in [2.75, 3.05) is 39.3 Å². The molecule has 0 saturated heterocycles. The van der Waals surface area contributed by atoms with Crippen molar-refractivity contribution in [3.8, 4) is 17.2 Å². The van der Waals surface area contributed by atoms with E-state index in [1.165, 1.54) is 31.3 Å². The van der Waals surface area contributed by atoms with Crippen LogP contribution in [0.1, 0.15) is 18.1 Å². The fourth-order valence-electron chi connectivity index (χ4n) is 3.60. The normalized spacial score (nSPS) is 11.6. The van der Waals surface area contributed by atoms with Gasteiger partial charge in [0.1, 0.15) is 10.6 Å². The molecule has 0 unspecified atom stereocenters. The zero-order valence-corrected chi connectivity index (χ0v) is 22.8. The number of para-hydroxylation sites is 2. The van der Waals surface area contributed by atoms with Crippen molar-refractivity contribution in [3.05, 3.63) is 77.9 Å². The number of hydrogen-bond donors (Lipinski definition) is 1. The molecule has 0 aliphatic carbocycles. The highest BCUT2D eigenvalue weighted by atomic mass is 32.2. The van der Waals surface area contributed by atoms with E-state index in [1.807, 2.05) is 6.92 Å². The maximum Gasteiger partial charge on any atom is 0.416 e. The minimum absolute atomic E-state index is 0.00988. The maximum absolute atomic E-state index is 13.2. The topological polar surface area (TPSA) is 103 Å². The van der Waals surface area contributed by atoms with Crippen LogP contribution >= 0.6 is 0 Å². The number of methoxy groups -OCH3 is 2. The molecule has 0 aromatic heterocycles. The fraction of sp³-hybridized carbons (Fsp3) is 0.296. The van der Waals surface area contributed by atoms with Crippen LogP contribution in [0.4, 0.5) is 23.7 Å². The molecule has 0 heterocycles. The summed E-state index contributed by atoms with van der Waals surface area (Å²) in [7, 11) is -1.89. The number of halogens is 3. The Bertz CT molecular complexity index is 1420. The molecule has 0 aliphatic rings. The number of anilines is 1. The van der Waals surface area contributed by atoms with Gasteiger partial charge in [0.25, 0.3) is 0 Å². The number of carbonyl (C=O) groups is 1. The van der Waals surface area contributed by atoms with Crippen LogP contribution in [0.3, 0.4) is 0 Å². The van der Waals surface area contributed by atoms with Gasteiger partial charge in [-0.15, -0.1) is 0 Å². The predicted octanol–water partition coefficient (Wildman–Crippen LogP) is 5.56. The van der Waals surface area contributed by atoms with Gasteiger partial charge in [0, 0.05) is 20.2 Å². The summed E-state index contributed by atoms with van der Waals surface area (Å²) in [4.78, 5) is 13.9. The maximum atomic E-state index is 13.2. The summed E-state index contributed by atoms with van der Waals surface area (Å²) >= 11 is 0. The van der Waals surface area contributed by atoms with Crippen molar-refractivity contribution < 1.29 is 44.8 Å². The molecular weight excluding hydrogens is 553 g/mol. The van der Waals surface area contributed by atoms with E-state index in [1.54, 1.807) is 30.3 Å². The predicted molar refractivity (Wildman–Crippen MR) is 141 cm³/mol. The molecule has 0 atom stereocenters. The highest BCUT2D eigenvalue weighted by Crippen LogP contribution is 2.34. The second-order valence-corrected chi connectivity index (χ2v) is 9.87. The molecule has 2 amide bonds. The molecule has 1 N–H and O–H groups in total. The molecule has 0 bridgehead atoms. The Labute approximate surface area is 230 Å². The molecule has 9 nitrogen and oxygen atoms in total. The Morgan fingerprint density at radius 1 is 0.950 bits per heavy atom. The molecule has 40 heavy (non-hydrogen) atoms. The smallest absolute Gasteiger partial charge is 0.416 e. The standard InChI is InChI=1S/C27H29F3N2O7S/c1-4-38-23-11-6-5-10-22(23)31-26(33)32(14-15-36-2)18-19-12-13-24(37-3)25(16-19)39-40(34,35)21-9-7-8-20(17-21)27(28,29)30/h5-13,16-17H,4,14-15,18H2,1-3H3,(H,31,33). The first-order valence-corrected chi connectivity index (χ1v) is 13.4. The Hall–Kier alpha value is -3.97. The molecule has 13 heteroatoms. The lowest BCUT2D eigenvalue weighted by Crippen LogP contribution is -2.37. The summed E-state index contributed by atoms with van der Waals surface area (Å²) in [5.74, 6) is 0.258. The van der Waals surface area contributed by atoms with Gasteiger partial charge in [-0.25, -0.2) is 4.79 Å². The number of amides is 2. The monoisotopic (exact) mass is 582 g/mol. The van der Waals surface area contributed by atoms with E-state index in [2.05, 4.69) is 5.32 Å². The van der Waals surface area contributed by atoms with Crippen LogP contribution in [0.15, 0.2) is 71.6 Å². The van der Waals surface area contributed by atoms with Gasteiger partial charge in [0.15, 0.2) is 11.5 Å². The summed E-state index contributed by atoms with van der Waals surface area (Å²) in [5, 5.41) is 2.80. The molecule has 3 aromatic carbocycles. The van der Waals surface area contributed by atoms with E-state index in [-0.39, 0.29) is 31.2 Å². The second kappa shape index (κ2) is 13.4. The number of rotatable bonds is 12. The van der Waals surface area contributed by atoms with Crippen LogP contribution in [-0.4, -0.2) is 53.3 Å². The first-order chi connectivity index (χ1) is 19.0. The molecule has 0 spiro atoms. The van der Waals surface area contributed by atoms with Crippen molar-refractivity contribution >= 4 is 21.8 Å². The fourth-order valence-corrected chi connectivity index (χ4v) is 4.58.